The largest absolute Gasteiger partial charge is 0.497 e. The van der Waals surface area contributed by atoms with Crippen LogP contribution < -0.4 is 15.8 Å². The van der Waals surface area contributed by atoms with Gasteiger partial charge in [0.25, 0.3) is 5.91 Å². The molecule has 0 fully saturated rings. The summed E-state index contributed by atoms with van der Waals surface area (Å²) in [6, 6.07) is 22.8. The van der Waals surface area contributed by atoms with E-state index in [1.54, 1.807) is 61.7 Å². The molecular weight excluding hydrogens is 458 g/mol. The topological polar surface area (TPSA) is 124 Å². The zero-order valence-electron chi connectivity index (χ0n) is 19.8. The van der Waals surface area contributed by atoms with Gasteiger partial charge in [-0.2, -0.15) is 0 Å². The van der Waals surface area contributed by atoms with Crippen LogP contribution in [0.2, 0.25) is 0 Å². The van der Waals surface area contributed by atoms with E-state index in [2.05, 4.69) is 5.32 Å². The van der Waals surface area contributed by atoms with E-state index in [1.165, 1.54) is 7.11 Å². The zero-order chi connectivity index (χ0) is 25.7. The van der Waals surface area contributed by atoms with Crippen molar-refractivity contribution >= 4 is 34.2 Å². The average Bonchev–Trinajstić information content (AvgIpc) is 2.90. The summed E-state index contributed by atoms with van der Waals surface area (Å²) in [7, 11) is 3.01. The molecule has 4 aromatic rings. The number of anilines is 1. The van der Waals surface area contributed by atoms with Gasteiger partial charge in [0.1, 0.15) is 11.6 Å². The first kappa shape index (κ1) is 24.4. The SMILES string of the molecule is COCOC(=O)c1ccccc1-c1cc2ccc(OC)cc2cc1C(=O)Nc1ccc(C(=N)N)cc1. The Kier molecular flexibility index (Phi) is 7.27. The van der Waals surface area contributed by atoms with Crippen LogP contribution in [0, 0.1) is 5.41 Å². The third-order valence-corrected chi connectivity index (χ3v) is 5.63. The molecule has 0 aliphatic carbocycles. The standard InChI is InChI=1S/C28H25N3O5/c1-34-16-36-28(33)23-6-4-3-5-22(23)24-14-18-9-12-21(35-2)13-19(18)15-25(24)27(32)31-20-10-7-17(8-11-20)26(29)30/h3-15H,16H2,1-2H3,(H3,29,30)(H,31,32). The Hall–Kier alpha value is -4.69. The Balaban J connectivity index is 1.83. The number of hydrogen-bond acceptors (Lipinski definition) is 6. The Labute approximate surface area is 208 Å². The molecule has 0 spiro atoms. The molecule has 36 heavy (non-hydrogen) atoms. The number of rotatable bonds is 8. The van der Waals surface area contributed by atoms with Crippen LogP contribution in [0.4, 0.5) is 5.69 Å². The van der Waals surface area contributed by atoms with Crippen molar-refractivity contribution in [1.29, 1.82) is 5.41 Å². The fraction of sp³-hybridized carbons (Fsp3) is 0.107. The molecule has 0 aliphatic heterocycles. The second-order valence-electron chi connectivity index (χ2n) is 7.94. The van der Waals surface area contributed by atoms with Crippen molar-refractivity contribution in [3.05, 3.63) is 95.6 Å². The van der Waals surface area contributed by atoms with E-state index >= 15 is 0 Å². The number of ether oxygens (including phenoxy) is 3. The summed E-state index contributed by atoms with van der Waals surface area (Å²) in [5, 5.41) is 12.1. The van der Waals surface area contributed by atoms with Gasteiger partial charge < -0.3 is 25.3 Å². The fourth-order valence-corrected chi connectivity index (χ4v) is 3.83. The third kappa shape index (κ3) is 5.18. The lowest BCUT2D eigenvalue weighted by Crippen LogP contribution is -2.15. The first-order valence-electron chi connectivity index (χ1n) is 11.0. The molecular formula is C28H25N3O5. The highest BCUT2D eigenvalue weighted by Crippen LogP contribution is 2.33. The summed E-state index contributed by atoms with van der Waals surface area (Å²) in [6.45, 7) is -0.186. The predicted molar refractivity (Wildman–Crippen MR) is 139 cm³/mol. The highest BCUT2D eigenvalue weighted by molar-refractivity contribution is 6.13. The van der Waals surface area contributed by atoms with Gasteiger partial charge in [0.05, 0.1) is 12.7 Å². The van der Waals surface area contributed by atoms with Crippen molar-refractivity contribution in [3.8, 4) is 16.9 Å². The summed E-state index contributed by atoms with van der Waals surface area (Å²) in [5.74, 6) is -0.334. The molecule has 4 N–H and O–H groups in total. The number of fused-ring (bicyclic) bond motifs is 1. The number of amides is 1. The highest BCUT2D eigenvalue weighted by atomic mass is 16.7. The number of carbonyl (C=O) groups is 2. The molecule has 4 aromatic carbocycles. The summed E-state index contributed by atoms with van der Waals surface area (Å²) in [4.78, 5) is 26.3. The number of amidine groups is 1. The summed E-state index contributed by atoms with van der Waals surface area (Å²) < 4.78 is 15.4. The molecule has 8 nitrogen and oxygen atoms in total. The number of nitrogens with one attached hydrogen (secondary N) is 2. The van der Waals surface area contributed by atoms with E-state index in [9.17, 15) is 9.59 Å². The molecule has 0 saturated heterocycles. The Morgan fingerprint density at radius 1 is 0.861 bits per heavy atom. The summed E-state index contributed by atoms with van der Waals surface area (Å²) in [6.07, 6.45) is 0. The van der Waals surface area contributed by atoms with Crippen LogP contribution in [0.25, 0.3) is 21.9 Å². The van der Waals surface area contributed by atoms with E-state index in [0.717, 1.165) is 10.8 Å². The van der Waals surface area contributed by atoms with Crippen LogP contribution in [-0.4, -0.2) is 38.7 Å². The van der Waals surface area contributed by atoms with E-state index in [0.29, 0.717) is 39.3 Å². The van der Waals surface area contributed by atoms with Crippen molar-refractivity contribution in [2.24, 2.45) is 5.73 Å². The molecule has 0 bridgehead atoms. The minimum Gasteiger partial charge on any atom is -0.497 e. The molecule has 0 heterocycles. The molecule has 4 rings (SSSR count). The molecule has 0 unspecified atom stereocenters. The first-order valence-corrected chi connectivity index (χ1v) is 11.0. The lowest BCUT2D eigenvalue weighted by Gasteiger charge is -2.16. The maximum atomic E-state index is 13.5. The number of hydrogen-bond donors (Lipinski definition) is 3. The van der Waals surface area contributed by atoms with E-state index in [1.807, 2.05) is 24.3 Å². The van der Waals surface area contributed by atoms with Crippen molar-refractivity contribution in [1.82, 2.24) is 0 Å². The number of nitrogen functional groups attached to an aromatic ring is 1. The second-order valence-corrected chi connectivity index (χ2v) is 7.94. The lowest BCUT2D eigenvalue weighted by atomic mass is 9.92. The molecule has 182 valence electrons. The monoisotopic (exact) mass is 483 g/mol. The van der Waals surface area contributed by atoms with Gasteiger partial charge in [-0.05, 0) is 76.5 Å². The minimum absolute atomic E-state index is 0.0596. The van der Waals surface area contributed by atoms with Gasteiger partial charge >= 0.3 is 5.97 Å². The van der Waals surface area contributed by atoms with Gasteiger partial charge in [-0.15, -0.1) is 0 Å². The Bertz CT molecular complexity index is 1450. The number of methoxy groups -OCH3 is 2. The van der Waals surface area contributed by atoms with E-state index in [4.69, 9.17) is 25.4 Å². The van der Waals surface area contributed by atoms with Gasteiger partial charge in [0.15, 0.2) is 6.79 Å². The molecule has 0 atom stereocenters. The minimum atomic E-state index is -0.562. The third-order valence-electron chi connectivity index (χ3n) is 5.63. The van der Waals surface area contributed by atoms with Crippen molar-refractivity contribution in [2.75, 3.05) is 26.3 Å². The van der Waals surface area contributed by atoms with Crippen LogP contribution in [0.15, 0.2) is 78.9 Å². The normalized spacial score (nSPS) is 10.6. The van der Waals surface area contributed by atoms with Crippen LogP contribution in [-0.2, 0) is 9.47 Å². The van der Waals surface area contributed by atoms with Crippen molar-refractivity contribution in [2.45, 2.75) is 0 Å². The smallest absolute Gasteiger partial charge is 0.340 e. The van der Waals surface area contributed by atoms with Crippen molar-refractivity contribution < 1.29 is 23.8 Å². The zero-order valence-corrected chi connectivity index (χ0v) is 19.8. The molecule has 8 heteroatoms. The fourth-order valence-electron chi connectivity index (χ4n) is 3.83. The lowest BCUT2D eigenvalue weighted by molar-refractivity contribution is -0.0124. The van der Waals surface area contributed by atoms with Gasteiger partial charge in [-0.3, -0.25) is 10.2 Å². The van der Waals surface area contributed by atoms with Gasteiger partial charge in [-0.25, -0.2) is 4.79 Å². The van der Waals surface area contributed by atoms with E-state index in [-0.39, 0.29) is 18.5 Å². The maximum Gasteiger partial charge on any atom is 0.340 e. The number of nitrogens with two attached hydrogens (primary N) is 1. The Morgan fingerprint density at radius 3 is 2.31 bits per heavy atom. The van der Waals surface area contributed by atoms with Crippen molar-refractivity contribution in [3.63, 3.8) is 0 Å². The maximum absolute atomic E-state index is 13.5. The first-order chi connectivity index (χ1) is 17.4. The predicted octanol–water partition coefficient (Wildman–Crippen LogP) is 4.81. The van der Waals surface area contributed by atoms with Gasteiger partial charge in [0.2, 0.25) is 0 Å². The van der Waals surface area contributed by atoms with Crippen LogP contribution in [0.3, 0.4) is 0 Å². The molecule has 0 saturated carbocycles. The highest BCUT2D eigenvalue weighted by Gasteiger charge is 2.20. The molecule has 0 aliphatic rings. The van der Waals surface area contributed by atoms with Gasteiger partial charge in [-0.1, -0.05) is 24.3 Å². The quantitative estimate of drug-likeness (QED) is 0.143. The number of carbonyl (C=O) groups excluding carboxylic acids is 2. The second kappa shape index (κ2) is 10.7. The molecule has 1 amide bonds. The average molecular weight is 484 g/mol. The molecule has 0 aromatic heterocycles. The Morgan fingerprint density at radius 2 is 1.61 bits per heavy atom. The number of benzene rings is 4. The molecule has 0 radical (unpaired) electrons. The van der Waals surface area contributed by atoms with Gasteiger partial charge in [0, 0.05) is 23.9 Å². The van der Waals surface area contributed by atoms with Crippen LogP contribution >= 0.6 is 0 Å². The van der Waals surface area contributed by atoms with Crippen LogP contribution in [0.5, 0.6) is 5.75 Å². The summed E-state index contributed by atoms with van der Waals surface area (Å²) >= 11 is 0. The number of esters is 1. The van der Waals surface area contributed by atoms with E-state index < -0.39 is 5.97 Å². The summed E-state index contributed by atoms with van der Waals surface area (Å²) in [5.41, 5.74) is 8.40. The van der Waals surface area contributed by atoms with Crippen LogP contribution in [0.1, 0.15) is 26.3 Å².